The van der Waals surface area contributed by atoms with Gasteiger partial charge in [-0.05, 0) is 49.7 Å². The predicted octanol–water partition coefficient (Wildman–Crippen LogP) is 3.10. The van der Waals surface area contributed by atoms with E-state index in [1.54, 1.807) is 5.48 Å². The van der Waals surface area contributed by atoms with Gasteiger partial charge >= 0.3 is 0 Å². The fourth-order valence-electron chi connectivity index (χ4n) is 4.54. The van der Waals surface area contributed by atoms with Gasteiger partial charge < -0.3 is 5.73 Å². The third-order valence-corrected chi connectivity index (χ3v) is 6.04. The lowest BCUT2D eigenvalue weighted by molar-refractivity contribution is -0.153. The first kappa shape index (κ1) is 28.5. The van der Waals surface area contributed by atoms with Gasteiger partial charge in [-0.25, -0.2) is 11.3 Å². The Morgan fingerprint density at radius 1 is 1.12 bits per heavy atom. The lowest BCUT2D eigenvalue weighted by Gasteiger charge is -2.42. The SMILES string of the molecule is CCCC(CC(C)(C)C)(C(=O)NN)C(=O)[C@](C)(N)[C@H](C/C=C(\C)c1ccccc1)C(=O)NO. The Balaban J connectivity index is 3.50. The molecule has 0 radical (unpaired) electrons. The molecule has 2 amide bonds. The average Bonchev–Trinajstić information content (AvgIpc) is 2.76. The molecule has 0 aliphatic heterocycles. The highest BCUT2D eigenvalue weighted by atomic mass is 16.5. The fraction of sp³-hybridized carbons (Fsp3) is 0.560. The molecule has 0 saturated heterocycles. The van der Waals surface area contributed by atoms with Crippen molar-refractivity contribution in [3.63, 3.8) is 0 Å². The first-order chi connectivity index (χ1) is 15.3. The molecule has 3 atom stereocenters. The summed E-state index contributed by atoms with van der Waals surface area (Å²) >= 11 is 0. The summed E-state index contributed by atoms with van der Waals surface area (Å²) in [6.07, 6.45) is 2.87. The topological polar surface area (TPSA) is 148 Å². The molecule has 7 N–H and O–H groups in total. The summed E-state index contributed by atoms with van der Waals surface area (Å²) < 4.78 is 0. The van der Waals surface area contributed by atoms with Gasteiger partial charge in [-0.1, -0.05) is 70.5 Å². The molecule has 8 nitrogen and oxygen atoms in total. The third-order valence-electron chi connectivity index (χ3n) is 6.04. The highest BCUT2D eigenvalue weighted by molar-refractivity contribution is 6.11. The molecule has 0 fully saturated rings. The Morgan fingerprint density at radius 2 is 1.70 bits per heavy atom. The molecule has 0 aliphatic rings. The van der Waals surface area contributed by atoms with Crippen LogP contribution in [-0.2, 0) is 14.4 Å². The van der Waals surface area contributed by atoms with Crippen LogP contribution in [0.3, 0.4) is 0 Å². The maximum atomic E-state index is 14.0. The zero-order valence-electron chi connectivity index (χ0n) is 20.7. The molecule has 33 heavy (non-hydrogen) atoms. The monoisotopic (exact) mass is 460 g/mol. The van der Waals surface area contributed by atoms with Crippen LogP contribution in [0.4, 0.5) is 0 Å². The minimum Gasteiger partial charge on any atom is -0.318 e. The lowest BCUT2D eigenvalue weighted by Crippen LogP contribution is -2.64. The van der Waals surface area contributed by atoms with Crippen molar-refractivity contribution in [2.24, 2.45) is 28.3 Å². The molecular weight excluding hydrogens is 420 g/mol. The van der Waals surface area contributed by atoms with Crippen LogP contribution in [0.15, 0.2) is 36.4 Å². The van der Waals surface area contributed by atoms with E-state index in [1.807, 2.05) is 71.0 Å². The fourth-order valence-corrected chi connectivity index (χ4v) is 4.54. The Kier molecular flexibility index (Phi) is 9.96. The third kappa shape index (κ3) is 6.96. The van der Waals surface area contributed by atoms with Gasteiger partial charge in [0.05, 0.1) is 11.5 Å². The summed E-state index contributed by atoms with van der Waals surface area (Å²) in [6, 6.07) is 9.57. The quantitative estimate of drug-likeness (QED) is 0.113. The second-order valence-corrected chi connectivity index (χ2v) is 10.2. The first-order valence-electron chi connectivity index (χ1n) is 11.3. The number of amides is 2. The van der Waals surface area contributed by atoms with Gasteiger partial charge in [0.15, 0.2) is 5.78 Å². The molecule has 1 unspecified atom stereocenters. The van der Waals surface area contributed by atoms with Crippen molar-refractivity contribution in [1.29, 1.82) is 0 Å². The Morgan fingerprint density at radius 3 is 2.15 bits per heavy atom. The van der Waals surface area contributed by atoms with Crippen LogP contribution in [0, 0.1) is 16.7 Å². The maximum Gasteiger partial charge on any atom is 0.249 e. The number of hydrogen-bond donors (Lipinski definition) is 5. The standard InChI is InChI=1S/C25H40N4O4/c1-7-15-25(22(32)28-27,16-23(3,4)5)21(31)24(6,26)19(20(30)29-33)14-13-17(2)18-11-9-8-10-12-18/h8-13,19,33H,7,14-16,26-27H2,1-6H3,(H,28,32)(H,29,30)/b17-13+/t19-,24-,25?/m1/s1. The van der Waals surface area contributed by atoms with Crippen LogP contribution < -0.4 is 22.5 Å². The number of allylic oxidation sites excluding steroid dienone is 2. The smallest absolute Gasteiger partial charge is 0.249 e. The zero-order valence-corrected chi connectivity index (χ0v) is 20.7. The van der Waals surface area contributed by atoms with Crippen molar-refractivity contribution in [3.8, 4) is 0 Å². The van der Waals surface area contributed by atoms with E-state index in [9.17, 15) is 19.6 Å². The van der Waals surface area contributed by atoms with Crippen molar-refractivity contribution in [3.05, 3.63) is 42.0 Å². The van der Waals surface area contributed by atoms with E-state index in [0.717, 1.165) is 11.1 Å². The molecule has 1 aromatic rings. The number of hydroxylamine groups is 1. The number of hydrogen-bond acceptors (Lipinski definition) is 6. The minimum atomic E-state index is -1.76. The Bertz CT molecular complexity index is 859. The highest BCUT2D eigenvalue weighted by Crippen LogP contribution is 2.42. The molecule has 8 heteroatoms. The number of rotatable bonds is 11. The lowest BCUT2D eigenvalue weighted by atomic mass is 9.61. The predicted molar refractivity (Wildman–Crippen MR) is 129 cm³/mol. The van der Waals surface area contributed by atoms with E-state index in [4.69, 9.17) is 11.6 Å². The van der Waals surface area contributed by atoms with E-state index >= 15 is 0 Å². The summed E-state index contributed by atoms with van der Waals surface area (Å²) in [7, 11) is 0. The van der Waals surface area contributed by atoms with Gasteiger partial charge in [0, 0.05) is 0 Å². The van der Waals surface area contributed by atoms with Crippen LogP contribution in [0.5, 0.6) is 0 Å². The number of nitrogens with two attached hydrogens (primary N) is 2. The van der Waals surface area contributed by atoms with Gasteiger partial charge in [-0.2, -0.15) is 0 Å². The molecule has 184 valence electrons. The molecule has 0 aromatic heterocycles. The van der Waals surface area contributed by atoms with Gasteiger partial charge in [-0.15, -0.1) is 0 Å². The minimum absolute atomic E-state index is 0.0911. The van der Waals surface area contributed by atoms with E-state index in [2.05, 4.69) is 5.43 Å². The number of carbonyl (C=O) groups excluding carboxylic acids is 3. The van der Waals surface area contributed by atoms with Crippen molar-refractivity contribution >= 4 is 23.2 Å². The van der Waals surface area contributed by atoms with Crippen LogP contribution in [-0.4, -0.2) is 28.3 Å². The van der Waals surface area contributed by atoms with Gasteiger partial charge in [0.2, 0.25) is 11.8 Å². The van der Waals surface area contributed by atoms with Crippen LogP contribution >= 0.6 is 0 Å². The van der Waals surface area contributed by atoms with Crippen LogP contribution in [0.1, 0.15) is 72.8 Å². The molecule has 1 rings (SSSR count). The van der Waals surface area contributed by atoms with E-state index in [-0.39, 0.29) is 19.3 Å². The van der Waals surface area contributed by atoms with Crippen molar-refractivity contribution in [2.75, 3.05) is 0 Å². The molecule has 0 spiro atoms. The summed E-state index contributed by atoms with van der Waals surface area (Å²) in [5.41, 5.74) is 8.53. The second-order valence-electron chi connectivity index (χ2n) is 10.2. The number of nitrogens with one attached hydrogen (secondary N) is 2. The second kappa shape index (κ2) is 11.5. The van der Waals surface area contributed by atoms with Crippen molar-refractivity contribution < 1.29 is 19.6 Å². The van der Waals surface area contributed by atoms with Crippen molar-refractivity contribution in [2.45, 2.75) is 72.8 Å². The number of carbonyl (C=O) groups is 3. The molecular formula is C25H40N4O4. The number of ketones is 1. The maximum absolute atomic E-state index is 14.0. The zero-order chi connectivity index (χ0) is 25.4. The summed E-state index contributed by atoms with van der Waals surface area (Å²) in [4.78, 5) is 39.7. The van der Waals surface area contributed by atoms with E-state index in [1.165, 1.54) is 6.92 Å². The van der Waals surface area contributed by atoms with Gasteiger partial charge in [-0.3, -0.25) is 25.0 Å². The Hall–Kier alpha value is -2.55. The summed E-state index contributed by atoms with van der Waals surface area (Å²) in [5.74, 6) is 2.38. The number of hydrazine groups is 1. The highest BCUT2D eigenvalue weighted by Gasteiger charge is 2.55. The van der Waals surface area contributed by atoms with E-state index in [0.29, 0.717) is 6.42 Å². The summed E-state index contributed by atoms with van der Waals surface area (Å²) in [6.45, 7) is 11.0. The van der Waals surface area contributed by atoms with Crippen molar-refractivity contribution in [1.82, 2.24) is 10.9 Å². The molecule has 0 heterocycles. The number of benzene rings is 1. The number of Topliss-reactive ketones (excluding diaryl/α,β-unsaturated/α-hetero) is 1. The largest absolute Gasteiger partial charge is 0.318 e. The first-order valence-corrected chi connectivity index (χ1v) is 11.3. The molecule has 0 aliphatic carbocycles. The molecule has 0 saturated carbocycles. The van der Waals surface area contributed by atoms with Crippen LogP contribution in [0.25, 0.3) is 5.57 Å². The van der Waals surface area contributed by atoms with Crippen LogP contribution in [0.2, 0.25) is 0 Å². The average molecular weight is 461 g/mol. The Labute approximate surface area is 197 Å². The van der Waals surface area contributed by atoms with Gasteiger partial charge in [0.1, 0.15) is 5.41 Å². The van der Waals surface area contributed by atoms with Gasteiger partial charge in [0.25, 0.3) is 0 Å². The summed E-state index contributed by atoms with van der Waals surface area (Å²) in [5, 5.41) is 9.39. The van der Waals surface area contributed by atoms with E-state index < -0.39 is 39.9 Å². The normalized spacial score (nSPS) is 16.8. The molecule has 1 aromatic carbocycles. The molecule has 0 bridgehead atoms.